The van der Waals surface area contributed by atoms with Crippen LogP contribution in [-0.4, -0.2) is 43.2 Å². The number of aromatic nitrogens is 1. The van der Waals surface area contributed by atoms with Gasteiger partial charge in [-0.15, -0.1) is 0 Å². The normalized spacial score (nSPS) is 11.5. The molecule has 3 N–H and O–H groups in total. The van der Waals surface area contributed by atoms with E-state index in [2.05, 4.69) is 27.5 Å². The first-order chi connectivity index (χ1) is 19.7. The van der Waals surface area contributed by atoms with E-state index in [1.165, 1.54) is 42.6 Å². The number of amides is 3. The summed E-state index contributed by atoms with van der Waals surface area (Å²) >= 11 is 0. The Labute approximate surface area is 244 Å². The number of carbonyl (C=O) groups excluding carboxylic acids is 2. The lowest BCUT2D eigenvalue weighted by Crippen LogP contribution is -2.35. The lowest BCUT2D eigenvalue weighted by atomic mass is 10.1. The summed E-state index contributed by atoms with van der Waals surface area (Å²) in [5, 5.41) is 7.60. The van der Waals surface area contributed by atoms with Crippen LogP contribution in [0.15, 0.2) is 72.3 Å². The van der Waals surface area contributed by atoms with Crippen LogP contribution in [0.4, 0.5) is 19.3 Å². The van der Waals surface area contributed by atoms with Crippen molar-refractivity contribution in [2.24, 2.45) is 0 Å². The predicted molar refractivity (Wildman–Crippen MR) is 157 cm³/mol. The Hall–Kier alpha value is -4.16. The lowest BCUT2D eigenvalue weighted by Gasteiger charge is -2.21. The topological polar surface area (TPSA) is 126 Å². The molecule has 3 aromatic rings. The molecule has 0 bridgehead atoms. The summed E-state index contributed by atoms with van der Waals surface area (Å²) in [6, 6.07) is 11.5. The molecule has 224 valence electrons. The van der Waals surface area contributed by atoms with Crippen molar-refractivity contribution in [3.8, 4) is 11.5 Å². The van der Waals surface area contributed by atoms with E-state index in [0.29, 0.717) is 36.4 Å². The zero-order chi connectivity index (χ0) is 30.9. The van der Waals surface area contributed by atoms with Gasteiger partial charge in [0.1, 0.15) is 11.6 Å². The second-order valence-corrected chi connectivity index (χ2v) is 13.3. The van der Waals surface area contributed by atoms with Gasteiger partial charge in [0.05, 0.1) is 16.1 Å². The van der Waals surface area contributed by atoms with Crippen molar-refractivity contribution in [3.63, 3.8) is 0 Å². The number of nitrogens with one attached hydrogen (secondary N) is 3. The summed E-state index contributed by atoms with van der Waals surface area (Å²) in [6.07, 6.45) is 2.65. The van der Waals surface area contributed by atoms with E-state index in [1.54, 1.807) is 32.9 Å². The van der Waals surface area contributed by atoms with Crippen LogP contribution in [-0.2, 0) is 27.5 Å². The quantitative estimate of drug-likeness (QED) is 0.241. The van der Waals surface area contributed by atoms with Gasteiger partial charge in [0, 0.05) is 36.3 Å². The summed E-state index contributed by atoms with van der Waals surface area (Å²) < 4.78 is 57.2. The van der Waals surface area contributed by atoms with Crippen LogP contribution in [0.25, 0.3) is 0 Å². The maximum absolute atomic E-state index is 14.7. The highest BCUT2D eigenvalue weighted by Gasteiger charge is 2.31. The highest BCUT2D eigenvalue weighted by atomic mass is 32.2. The highest BCUT2D eigenvalue weighted by Crippen LogP contribution is 2.27. The maximum Gasteiger partial charge on any atom is 0.325 e. The van der Waals surface area contributed by atoms with E-state index in [9.17, 15) is 26.8 Å². The summed E-state index contributed by atoms with van der Waals surface area (Å²) in [6.45, 7) is 9.30. The average Bonchev–Trinajstić information content (AvgIpc) is 2.90. The number of imide groups is 1. The molecule has 0 aliphatic heterocycles. The van der Waals surface area contributed by atoms with Gasteiger partial charge in [-0.3, -0.25) is 15.1 Å². The molecule has 9 nitrogen and oxygen atoms in total. The summed E-state index contributed by atoms with van der Waals surface area (Å²) in [4.78, 5) is 28.6. The third-order valence-electron chi connectivity index (χ3n) is 6.03. The van der Waals surface area contributed by atoms with E-state index < -0.39 is 38.2 Å². The molecule has 0 radical (unpaired) electrons. The second-order valence-electron chi connectivity index (χ2n) is 10.5. The fourth-order valence-corrected chi connectivity index (χ4v) is 4.87. The molecule has 0 aliphatic rings. The Bertz CT molecular complexity index is 1540. The van der Waals surface area contributed by atoms with Crippen LogP contribution in [0, 0.1) is 11.6 Å². The van der Waals surface area contributed by atoms with Crippen molar-refractivity contribution in [3.05, 3.63) is 95.2 Å². The van der Waals surface area contributed by atoms with Crippen LogP contribution in [0.5, 0.6) is 11.5 Å². The lowest BCUT2D eigenvalue weighted by molar-refractivity contribution is -0.119. The van der Waals surface area contributed by atoms with Gasteiger partial charge in [0.15, 0.2) is 21.4 Å². The van der Waals surface area contributed by atoms with Crippen molar-refractivity contribution in [1.29, 1.82) is 0 Å². The fourth-order valence-electron chi connectivity index (χ4n) is 3.72. The molecule has 0 unspecified atom stereocenters. The first-order valence-electron chi connectivity index (χ1n) is 13.2. The second kappa shape index (κ2) is 14.1. The number of urea groups is 1. The Kier molecular flexibility index (Phi) is 10.9. The van der Waals surface area contributed by atoms with Gasteiger partial charge in [-0.1, -0.05) is 18.7 Å². The first kappa shape index (κ1) is 32.4. The van der Waals surface area contributed by atoms with Crippen molar-refractivity contribution < 1.29 is 31.5 Å². The highest BCUT2D eigenvalue weighted by molar-refractivity contribution is 7.96. The number of rotatable bonds is 12. The average molecular weight is 601 g/mol. The Balaban J connectivity index is 1.46. The van der Waals surface area contributed by atoms with Gasteiger partial charge in [-0.25, -0.2) is 22.0 Å². The number of hydrogen-bond donors (Lipinski definition) is 3. The number of hydrogen-bond acceptors (Lipinski definition) is 7. The van der Waals surface area contributed by atoms with Crippen LogP contribution in [0.1, 0.15) is 38.4 Å². The molecule has 42 heavy (non-hydrogen) atoms. The molecular formula is C30H34F2N4O5S. The van der Waals surface area contributed by atoms with Gasteiger partial charge >= 0.3 is 6.03 Å². The van der Waals surface area contributed by atoms with Gasteiger partial charge in [0.2, 0.25) is 5.91 Å². The van der Waals surface area contributed by atoms with Crippen molar-refractivity contribution >= 4 is 27.5 Å². The minimum atomic E-state index is -3.44. The van der Waals surface area contributed by atoms with Crippen LogP contribution < -0.4 is 20.7 Å². The molecule has 0 aliphatic carbocycles. The maximum atomic E-state index is 14.7. The van der Waals surface area contributed by atoms with Gasteiger partial charge < -0.3 is 15.4 Å². The van der Waals surface area contributed by atoms with E-state index in [-0.39, 0.29) is 29.3 Å². The number of pyridine rings is 1. The van der Waals surface area contributed by atoms with Gasteiger partial charge in [0.25, 0.3) is 0 Å². The monoisotopic (exact) mass is 600 g/mol. The third kappa shape index (κ3) is 9.45. The largest absolute Gasteiger partial charge is 0.454 e. The van der Waals surface area contributed by atoms with E-state index in [4.69, 9.17) is 4.74 Å². The molecule has 3 amide bonds. The SMILES string of the molecule is C=C(CNCCCc1cc(Oc2ccc(NC(=O)NC(=O)Cc3ccc(F)cc3)cc2F)ccn1)S(=O)(=O)C(C)(C)C. The Morgan fingerprint density at radius 1 is 1.02 bits per heavy atom. The van der Waals surface area contributed by atoms with E-state index in [0.717, 1.165) is 6.07 Å². The number of carbonyl (C=O) groups is 2. The van der Waals surface area contributed by atoms with Crippen LogP contribution in [0.2, 0.25) is 0 Å². The smallest absolute Gasteiger partial charge is 0.325 e. The minimum absolute atomic E-state index is 0.0780. The molecule has 0 atom stereocenters. The van der Waals surface area contributed by atoms with Crippen molar-refractivity contribution in [2.45, 2.75) is 44.8 Å². The summed E-state index contributed by atoms with van der Waals surface area (Å²) in [5.41, 5.74) is 1.34. The van der Waals surface area contributed by atoms with Crippen LogP contribution >= 0.6 is 0 Å². The number of ether oxygens (including phenoxy) is 1. The number of halogens is 2. The predicted octanol–water partition coefficient (Wildman–Crippen LogP) is 5.29. The molecule has 3 rings (SSSR count). The van der Waals surface area contributed by atoms with E-state index >= 15 is 0 Å². The number of sulfone groups is 1. The molecule has 1 heterocycles. The van der Waals surface area contributed by atoms with E-state index in [1.807, 2.05) is 0 Å². The molecule has 0 fully saturated rings. The number of aryl methyl sites for hydroxylation is 1. The zero-order valence-electron chi connectivity index (χ0n) is 23.7. The van der Waals surface area contributed by atoms with Gasteiger partial charge in [-0.2, -0.15) is 0 Å². The molecule has 2 aromatic carbocycles. The molecule has 0 spiro atoms. The third-order valence-corrected chi connectivity index (χ3v) is 8.55. The number of nitrogens with zero attached hydrogens (tertiary/aromatic N) is 1. The zero-order valence-corrected chi connectivity index (χ0v) is 24.5. The Morgan fingerprint density at radius 2 is 1.74 bits per heavy atom. The molecule has 0 saturated heterocycles. The summed E-state index contributed by atoms with van der Waals surface area (Å²) in [7, 11) is -3.44. The molecule has 0 saturated carbocycles. The fraction of sp³-hybridized carbons (Fsp3) is 0.300. The minimum Gasteiger partial charge on any atom is -0.454 e. The summed E-state index contributed by atoms with van der Waals surface area (Å²) in [5.74, 6) is -1.50. The number of anilines is 1. The Morgan fingerprint density at radius 3 is 2.40 bits per heavy atom. The first-order valence-corrected chi connectivity index (χ1v) is 14.6. The van der Waals surface area contributed by atoms with Crippen LogP contribution in [0.3, 0.4) is 0 Å². The van der Waals surface area contributed by atoms with Crippen molar-refractivity contribution in [1.82, 2.24) is 15.6 Å². The van der Waals surface area contributed by atoms with Gasteiger partial charge in [-0.05, 0) is 76.1 Å². The van der Waals surface area contributed by atoms with Crippen molar-refractivity contribution in [2.75, 3.05) is 18.4 Å². The molecule has 12 heteroatoms. The standard InChI is InChI=1S/C30H34F2N4O5S/c1-20(42(39,40)30(2,3)4)19-33-14-5-6-23-17-25(13-15-34-23)41-27-12-11-24(18-26(27)32)35-29(38)36-28(37)16-21-7-9-22(31)10-8-21/h7-13,15,17-18,33H,1,5-6,14,16,19H2,2-4H3,(H2,35,36,37,38). The number of benzene rings is 2. The molecule has 1 aromatic heterocycles. The molecular weight excluding hydrogens is 566 g/mol.